The average molecular weight is 333 g/mol. The van der Waals surface area contributed by atoms with Crippen LogP contribution in [0.3, 0.4) is 0 Å². The summed E-state index contributed by atoms with van der Waals surface area (Å²) in [6.45, 7) is 3.85. The van der Waals surface area contributed by atoms with E-state index in [-0.39, 0.29) is 11.7 Å². The van der Waals surface area contributed by atoms with Gasteiger partial charge in [0.2, 0.25) is 0 Å². The topological polar surface area (TPSA) is 38.3 Å². The molecule has 5 heteroatoms. The molecule has 0 atom stereocenters. The summed E-state index contributed by atoms with van der Waals surface area (Å²) < 4.78 is 18.5. The van der Waals surface area contributed by atoms with Crippen molar-refractivity contribution in [3.63, 3.8) is 0 Å². The van der Waals surface area contributed by atoms with Crippen LogP contribution in [-0.4, -0.2) is 25.7 Å². The minimum Gasteiger partial charge on any atom is -0.379 e. The molecule has 1 saturated carbocycles. The van der Waals surface area contributed by atoms with E-state index in [1.165, 1.54) is 36.3 Å². The molecular weight excluding hydrogens is 313 g/mol. The lowest BCUT2D eigenvalue weighted by Gasteiger charge is -2.04. The quantitative estimate of drug-likeness (QED) is 0.777. The molecule has 1 fully saturated rings. The number of aryl methyl sites for hydroxylation is 1. The lowest BCUT2D eigenvalue weighted by atomic mass is 10.1. The molecule has 0 spiro atoms. The fourth-order valence-electron chi connectivity index (χ4n) is 2.34. The lowest BCUT2D eigenvalue weighted by molar-refractivity contribution is 0.0910. The molecule has 1 N–H and O–H groups in total. The fraction of sp³-hybridized carbons (Fsp3) is 0.389. The van der Waals surface area contributed by atoms with Gasteiger partial charge in [0.1, 0.15) is 5.82 Å². The number of halogens is 1. The van der Waals surface area contributed by atoms with Crippen LogP contribution in [0.25, 0.3) is 10.4 Å². The Morgan fingerprint density at radius 1 is 1.35 bits per heavy atom. The molecule has 0 unspecified atom stereocenters. The maximum atomic E-state index is 13.0. The summed E-state index contributed by atoms with van der Waals surface area (Å²) >= 11 is 1.43. The molecule has 2 aromatic rings. The van der Waals surface area contributed by atoms with Crippen LogP contribution in [0.2, 0.25) is 0 Å². The first-order valence-corrected chi connectivity index (χ1v) is 8.67. The highest BCUT2D eigenvalue weighted by atomic mass is 32.1. The zero-order chi connectivity index (χ0) is 16.2. The highest BCUT2D eigenvalue weighted by Crippen LogP contribution is 2.32. The van der Waals surface area contributed by atoms with Crippen molar-refractivity contribution >= 4 is 17.2 Å². The molecule has 3 nitrogen and oxygen atoms in total. The van der Waals surface area contributed by atoms with E-state index in [0.717, 1.165) is 28.5 Å². The lowest BCUT2D eigenvalue weighted by Crippen LogP contribution is -2.26. The summed E-state index contributed by atoms with van der Waals surface area (Å²) in [5.41, 5.74) is 1.96. The van der Waals surface area contributed by atoms with E-state index in [1.54, 1.807) is 12.1 Å². The predicted octanol–water partition coefficient (Wildman–Crippen LogP) is 4.02. The summed E-state index contributed by atoms with van der Waals surface area (Å²) in [5.74, 6) is 0.400. The highest BCUT2D eigenvalue weighted by Gasteiger charge is 2.21. The van der Waals surface area contributed by atoms with Crippen LogP contribution >= 0.6 is 11.3 Å². The Kier molecular flexibility index (Phi) is 5.08. The number of benzene rings is 1. The number of carbonyl (C=O) groups excluding carboxylic acids is 1. The second-order valence-electron chi connectivity index (χ2n) is 5.90. The number of ether oxygens (including phenoxy) is 1. The molecule has 1 heterocycles. The van der Waals surface area contributed by atoms with Gasteiger partial charge in [0.15, 0.2) is 0 Å². The van der Waals surface area contributed by atoms with Crippen molar-refractivity contribution in [3.05, 3.63) is 46.6 Å². The fourth-order valence-corrected chi connectivity index (χ4v) is 3.43. The molecule has 1 aliphatic rings. The van der Waals surface area contributed by atoms with Crippen molar-refractivity contribution in [3.8, 4) is 10.4 Å². The second kappa shape index (κ2) is 7.23. The third-order valence-corrected chi connectivity index (χ3v) is 5.12. The summed E-state index contributed by atoms with van der Waals surface area (Å²) in [4.78, 5) is 13.9. The van der Waals surface area contributed by atoms with Crippen molar-refractivity contribution in [1.29, 1.82) is 0 Å². The Morgan fingerprint density at radius 3 is 2.78 bits per heavy atom. The molecule has 1 aromatic carbocycles. The largest absolute Gasteiger partial charge is 0.379 e. The molecule has 1 aliphatic carbocycles. The van der Waals surface area contributed by atoms with Crippen LogP contribution in [0.5, 0.6) is 0 Å². The number of rotatable bonds is 7. The first-order chi connectivity index (χ1) is 11.1. The SMILES string of the molecule is Cc1cc(C(=O)NCCOCC2CC2)sc1-c1ccc(F)cc1. The van der Waals surface area contributed by atoms with Crippen molar-refractivity contribution < 1.29 is 13.9 Å². The summed E-state index contributed by atoms with van der Waals surface area (Å²) in [6.07, 6.45) is 2.54. The van der Waals surface area contributed by atoms with Gasteiger partial charge in [-0.15, -0.1) is 11.3 Å². The maximum absolute atomic E-state index is 13.0. The molecule has 23 heavy (non-hydrogen) atoms. The van der Waals surface area contributed by atoms with E-state index in [2.05, 4.69) is 5.32 Å². The van der Waals surface area contributed by atoms with Crippen LogP contribution < -0.4 is 5.32 Å². The Bertz CT molecular complexity index is 677. The van der Waals surface area contributed by atoms with E-state index >= 15 is 0 Å². The number of nitrogens with one attached hydrogen (secondary N) is 1. The number of thiophene rings is 1. The van der Waals surface area contributed by atoms with Crippen LogP contribution in [-0.2, 0) is 4.74 Å². The van der Waals surface area contributed by atoms with Gasteiger partial charge in [-0.3, -0.25) is 4.79 Å². The van der Waals surface area contributed by atoms with Crippen LogP contribution in [0.1, 0.15) is 28.1 Å². The van der Waals surface area contributed by atoms with Crippen LogP contribution in [0.4, 0.5) is 4.39 Å². The van der Waals surface area contributed by atoms with Gasteiger partial charge in [0.25, 0.3) is 5.91 Å². The molecule has 0 aliphatic heterocycles. The standard InChI is InChI=1S/C18H20FNO2S/c1-12-10-16(18(21)20-8-9-22-11-13-2-3-13)23-17(12)14-4-6-15(19)7-5-14/h4-7,10,13H,2-3,8-9,11H2,1H3,(H,20,21). The molecule has 3 rings (SSSR count). The number of hydrogen-bond donors (Lipinski definition) is 1. The Morgan fingerprint density at radius 2 is 2.09 bits per heavy atom. The van der Waals surface area contributed by atoms with Gasteiger partial charge in [-0.05, 0) is 55.0 Å². The van der Waals surface area contributed by atoms with E-state index in [9.17, 15) is 9.18 Å². The van der Waals surface area contributed by atoms with E-state index in [4.69, 9.17) is 4.74 Å². The van der Waals surface area contributed by atoms with Crippen molar-refractivity contribution in [1.82, 2.24) is 5.32 Å². The predicted molar refractivity (Wildman–Crippen MR) is 90.3 cm³/mol. The maximum Gasteiger partial charge on any atom is 0.261 e. The Hall–Kier alpha value is -1.72. The van der Waals surface area contributed by atoms with Crippen molar-refractivity contribution in [2.45, 2.75) is 19.8 Å². The molecule has 122 valence electrons. The first kappa shape index (κ1) is 16.1. The third-order valence-electron chi connectivity index (χ3n) is 3.83. The van der Waals surface area contributed by atoms with Gasteiger partial charge in [-0.2, -0.15) is 0 Å². The third kappa shape index (κ3) is 4.39. The smallest absolute Gasteiger partial charge is 0.261 e. The normalized spacial score (nSPS) is 14.0. The minimum atomic E-state index is -0.257. The summed E-state index contributed by atoms with van der Waals surface area (Å²) in [7, 11) is 0. The average Bonchev–Trinajstić information content (AvgIpc) is 3.28. The van der Waals surface area contributed by atoms with E-state index < -0.39 is 0 Å². The van der Waals surface area contributed by atoms with Crippen molar-refractivity contribution in [2.24, 2.45) is 5.92 Å². The highest BCUT2D eigenvalue weighted by molar-refractivity contribution is 7.17. The molecule has 1 amide bonds. The van der Waals surface area contributed by atoms with Crippen molar-refractivity contribution in [2.75, 3.05) is 19.8 Å². The number of hydrogen-bond acceptors (Lipinski definition) is 3. The Balaban J connectivity index is 1.55. The van der Waals surface area contributed by atoms with Crippen LogP contribution in [0.15, 0.2) is 30.3 Å². The molecule has 1 aromatic heterocycles. The molecule has 0 saturated heterocycles. The molecule has 0 bridgehead atoms. The minimum absolute atomic E-state index is 0.0820. The molecular formula is C18H20FNO2S. The van der Waals surface area contributed by atoms with E-state index in [0.29, 0.717) is 18.0 Å². The zero-order valence-electron chi connectivity index (χ0n) is 13.1. The molecule has 0 radical (unpaired) electrons. The Labute approximate surface area is 139 Å². The first-order valence-electron chi connectivity index (χ1n) is 7.86. The summed E-state index contributed by atoms with van der Waals surface area (Å²) in [5, 5.41) is 2.88. The monoisotopic (exact) mass is 333 g/mol. The van der Waals surface area contributed by atoms with Gasteiger partial charge in [0, 0.05) is 18.0 Å². The van der Waals surface area contributed by atoms with Gasteiger partial charge in [-0.25, -0.2) is 4.39 Å². The summed E-state index contributed by atoms with van der Waals surface area (Å²) in [6, 6.07) is 8.23. The zero-order valence-corrected chi connectivity index (χ0v) is 13.9. The number of carbonyl (C=O) groups is 1. The van der Waals surface area contributed by atoms with Crippen LogP contribution in [0, 0.1) is 18.7 Å². The van der Waals surface area contributed by atoms with Gasteiger partial charge in [-0.1, -0.05) is 12.1 Å². The van der Waals surface area contributed by atoms with E-state index in [1.807, 2.05) is 13.0 Å². The van der Waals surface area contributed by atoms with Gasteiger partial charge < -0.3 is 10.1 Å². The van der Waals surface area contributed by atoms with Gasteiger partial charge in [0.05, 0.1) is 11.5 Å². The second-order valence-corrected chi connectivity index (χ2v) is 6.96. The number of amides is 1. The van der Waals surface area contributed by atoms with Gasteiger partial charge >= 0.3 is 0 Å².